The third-order valence-electron chi connectivity index (χ3n) is 3.08. The summed E-state index contributed by atoms with van der Waals surface area (Å²) in [6.45, 7) is 7.70. The van der Waals surface area contributed by atoms with Gasteiger partial charge in [-0.2, -0.15) is 0 Å². The molecule has 0 radical (unpaired) electrons. The van der Waals surface area contributed by atoms with Gasteiger partial charge in [-0.15, -0.1) is 0 Å². The van der Waals surface area contributed by atoms with Crippen LogP contribution in [0, 0.1) is 5.41 Å². The van der Waals surface area contributed by atoms with E-state index in [1.54, 1.807) is 27.7 Å². The van der Waals surface area contributed by atoms with E-state index in [2.05, 4.69) is 0 Å². The molecule has 1 saturated heterocycles. The number of nitrogens with zero attached hydrogens (tertiary/aromatic N) is 1. The van der Waals surface area contributed by atoms with Crippen molar-refractivity contribution in [3.8, 4) is 0 Å². The van der Waals surface area contributed by atoms with Gasteiger partial charge < -0.3 is 19.2 Å². The van der Waals surface area contributed by atoms with Crippen LogP contribution in [0.4, 0.5) is 4.79 Å². The van der Waals surface area contributed by atoms with Gasteiger partial charge in [0.1, 0.15) is 17.3 Å². The van der Waals surface area contributed by atoms with Gasteiger partial charge in [0.15, 0.2) is 0 Å². The van der Waals surface area contributed by atoms with Crippen LogP contribution >= 0.6 is 0 Å². The Bertz CT molecular complexity index is 388. The van der Waals surface area contributed by atoms with Crippen molar-refractivity contribution in [3.05, 3.63) is 0 Å². The zero-order valence-electron chi connectivity index (χ0n) is 12.6. The Morgan fingerprint density at radius 3 is 2.50 bits per heavy atom. The Hall–Kier alpha value is -1.59. The summed E-state index contributed by atoms with van der Waals surface area (Å²) in [6, 6.07) is 0. The molecule has 0 aromatic rings. The van der Waals surface area contributed by atoms with Crippen molar-refractivity contribution in [1.82, 2.24) is 4.90 Å². The summed E-state index contributed by atoms with van der Waals surface area (Å²) in [4.78, 5) is 36.8. The minimum absolute atomic E-state index is 0.0181. The summed E-state index contributed by atoms with van der Waals surface area (Å²) in [5.74, 6) is -0.566. The summed E-state index contributed by atoms with van der Waals surface area (Å²) in [5.41, 5.74) is -1.87. The van der Waals surface area contributed by atoms with Gasteiger partial charge >= 0.3 is 12.1 Å². The first kappa shape index (κ1) is 16.5. The topological polar surface area (TPSA) is 72.9 Å². The highest BCUT2D eigenvalue weighted by Gasteiger charge is 2.45. The maximum absolute atomic E-state index is 12.0. The molecule has 1 rings (SSSR count). The van der Waals surface area contributed by atoms with E-state index in [1.807, 2.05) is 0 Å². The summed E-state index contributed by atoms with van der Waals surface area (Å²) >= 11 is 0. The number of hydrogen-bond donors (Lipinski definition) is 0. The molecule has 6 nitrogen and oxygen atoms in total. The van der Waals surface area contributed by atoms with E-state index in [0.29, 0.717) is 25.7 Å². The first-order chi connectivity index (χ1) is 9.24. The third-order valence-corrected chi connectivity index (χ3v) is 3.08. The van der Waals surface area contributed by atoms with Gasteiger partial charge in [-0.25, -0.2) is 4.79 Å². The number of hydrogen-bond acceptors (Lipinski definition) is 5. The SMILES string of the molecule is CCOC(=O)C1(C=O)CCCN(C(=O)OC(C)(C)C)C1. The normalized spacial score (nSPS) is 23.1. The first-order valence-electron chi connectivity index (χ1n) is 6.85. The van der Waals surface area contributed by atoms with Crippen molar-refractivity contribution < 1.29 is 23.9 Å². The van der Waals surface area contributed by atoms with Crippen LogP contribution in [0.2, 0.25) is 0 Å². The number of carbonyl (C=O) groups excluding carboxylic acids is 3. The molecular weight excluding hydrogens is 262 g/mol. The van der Waals surface area contributed by atoms with E-state index >= 15 is 0 Å². The molecular formula is C14H23NO5. The Labute approximate surface area is 119 Å². The molecule has 0 aromatic carbocycles. The largest absolute Gasteiger partial charge is 0.465 e. The van der Waals surface area contributed by atoms with E-state index in [0.717, 1.165) is 0 Å². The van der Waals surface area contributed by atoms with Crippen LogP contribution < -0.4 is 0 Å². The number of piperidine rings is 1. The standard InChI is InChI=1S/C14H23NO5/c1-5-19-11(17)14(10-16)7-6-8-15(9-14)12(18)20-13(2,3)4/h10H,5-9H2,1-4H3. The summed E-state index contributed by atoms with van der Waals surface area (Å²) in [5, 5.41) is 0. The van der Waals surface area contributed by atoms with Gasteiger partial charge in [-0.3, -0.25) is 4.79 Å². The molecule has 0 aliphatic carbocycles. The van der Waals surface area contributed by atoms with Gasteiger partial charge in [0.2, 0.25) is 0 Å². The highest BCUT2D eigenvalue weighted by molar-refractivity contribution is 5.94. The second-order valence-corrected chi connectivity index (χ2v) is 6.00. The molecule has 1 aliphatic heterocycles. The van der Waals surface area contributed by atoms with E-state index in [-0.39, 0.29) is 13.2 Å². The molecule has 0 bridgehead atoms. The number of likely N-dealkylation sites (tertiary alicyclic amines) is 1. The van der Waals surface area contributed by atoms with E-state index in [1.165, 1.54) is 4.90 Å². The summed E-state index contributed by atoms with van der Waals surface area (Å²) in [7, 11) is 0. The monoisotopic (exact) mass is 285 g/mol. The lowest BCUT2D eigenvalue weighted by Gasteiger charge is -2.37. The Kier molecular flexibility index (Phi) is 5.14. The highest BCUT2D eigenvalue weighted by Crippen LogP contribution is 2.30. The van der Waals surface area contributed by atoms with Crippen LogP contribution in [0.3, 0.4) is 0 Å². The average Bonchev–Trinajstić information content (AvgIpc) is 2.37. The molecule has 0 N–H and O–H groups in total. The van der Waals surface area contributed by atoms with E-state index in [4.69, 9.17) is 9.47 Å². The van der Waals surface area contributed by atoms with Crippen molar-refractivity contribution in [2.24, 2.45) is 5.41 Å². The predicted octanol–water partition coefficient (Wildman–Crippen LogP) is 1.77. The number of rotatable bonds is 3. The lowest BCUT2D eigenvalue weighted by atomic mass is 9.81. The molecule has 0 spiro atoms. The van der Waals surface area contributed by atoms with Crippen LogP contribution in [0.25, 0.3) is 0 Å². The molecule has 1 atom stereocenters. The summed E-state index contributed by atoms with van der Waals surface area (Å²) < 4.78 is 10.2. The number of carbonyl (C=O) groups is 3. The molecule has 20 heavy (non-hydrogen) atoms. The van der Waals surface area contributed by atoms with Gasteiger partial charge in [0, 0.05) is 13.1 Å². The molecule has 0 saturated carbocycles. The predicted molar refractivity (Wildman–Crippen MR) is 72.2 cm³/mol. The average molecular weight is 285 g/mol. The van der Waals surface area contributed by atoms with Crippen molar-refractivity contribution in [1.29, 1.82) is 0 Å². The molecule has 1 fully saturated rings. The van der Waals surface area contributed by atoms with Crippen molar-refractivity contribution in [2.75, 3.05) is 19.7 Å². The number of amides is 1. The van der Waals surface area contributed by atoms with Crippen LogP contribution in [-0.2, 0) is 19.1 Å². The minimum Gasteiger partial charge on any atom is -0.465 e. The van der Waals surface area contributed by atoms with Crippen LogP contribution in [-0.4, -0.2) is 48.5 Å². The third kappa shape index (κ3) is 3.95. The highest BCUT2D eigenvalue weighted by atomic mass is 16.6. The summed E-state index contributed by atoms with van der Waals surface area (Å²) in [6.07, 6.45) is 1.06. The molecule has 0 aromatic heterocycles. The molecule has 1 amide bonds. The zero-order valence-corrected chi connectivity index (χ0v) is 12.6. The smallest absolute Gasteiger partial charge is 0.410 e. The van der Waals surface area contributed by atoms with Gasteiger partial charge in [-0.05, 0) is 40.5 Å². The van der Waals surface area contributed by atoms with Gasteiger partial charge in [0.05, 0.1) is 6.61 Å². The van der Waals surface area contributed by atoms with Crippen molar-refractivity contribution in [3.63, 3.8) is 0 Å². The Morgan fingerprint density at radius 1 is 1.35 bits per heavy atom. The fraction of sp³-hybridized carbons (Fsp3) is 0.786. The van der Waals surface area contributed by atoms with E-state index in [9.17, 15) is 14.4 Å². The zero-order chi connectivity index (χ0) is 15.4. The van der Waals surface area contributed by atoms with Gasteiger partial charge in [0.25, 0.3) is 0 Å². The maximum atomic E-state index is 12.0. The fourth-order valence-electron chi connectivity index (χ4n) is 2.15. The second kappa shape index (κ2) is 6.24. The number of esters is 1. The molecule has 1 heterocycles. The number of ether oxygens (including phenoxy) is 2. The first-order valence-corrected chi connectivity index (χ1v) is 6.85. The minimum atomic E-state index is -1.26. The lowest BCUT2D eigenvalue weighted by molar-refractivity contribution is -0.160. The number of aldehydes is 1. The van der Waals surface area contributed by atoms with Crippen molar-refractivity contribution in [2.45, 2.75) is 46.1 Å². The van der Waals surface area contributed by atoms with Crippen LogP contribution in [0.1, 0.15) is 40.5 Å². The Balaban J connectivity index is 2.81. The van der Waals surface area contributed by atoms with Crippen molar-refractivity contribution >= 4 is 18.3 Å². The molecule has 1 aliphatic rings. The van der Waals surface area contributed by atoms with Crippen LogP contribution in [0.5, 0.6) is 0 Å². The molecule has 114 valence electrons. The van der Waals surface area contributed by atoms with Gasteiger partial charge in [-0.1, -0.05) is 0 Å². The molecule has 6 heteroatoms. The van der Waals surface area contributed by atoms with Crippen LogP contribution in [0.15, 0.2) is 0 Å². The maximum Gasteiger partial charge on any atom is 0.410 e. The molecule has 1 unspecified atom stereocenters. The second-order valence-electron chi connectivity index (χ2n) is 6.00. The Morgan fingerprint density at radius 2 is 2.00 bits per heavy atom. The quantitative estimate of drug-likeness (QED) is 0.449. The lowest BCUT2D eigenvalue weighted by Crippen LogP contribution is -2.52. The fourth-order valence-corrected chi connectivity index (χ4v) is 2.15. The van der Waals surface area contributed by atoms with E-state index < -0.39 is 23.1 Å².